The minimum Gasteiger partial charge on any atom is -0.353 e. The van der Waals surface area contributed by atoms with Gasteiger partial charge in [0.25, 0.3) is 5.91 Å². The second-order valence-corrected chi connectivity index (χ2v) is 9.63. The summed E-state index contributed by atoms with van der Waals surface area (Å²) >= 11 is 0. The molecule has 3 aliphatic heterocycles. The first kappa shape index (κ1) is 22.3. The Labute approximate surface area is 197 Å². The number of rotatable bonds is 4. The number of anilines is 1. The van der Waals surface area contributed by atoms with Gasteiger partial charge in [0.15, 0.2) is 0 Å². The zero-order valence-corrected chi connectivity index (χ0v) is 19.7. The molecular weight excluding hydrogens is 412 g/mol. The number of amides is 1. The summed E-state index contributed by atoms with van der Waals surface area (Å²) in [6, 6.07) is 15.5. The minimum absolute atomic E-state index is 0.111. The Bertz CT molecular complexity index is 904. The molecule has 1 amide bonds. The van der Waals surface area contributed by atoms with Crippen molar-refractivity contribution in [2.75, 3.05) is 70.9 Å². The highest BCUT2D eigenvalue weighted by atomic mass is 16.2. The Balaban J connectivity index is 1.16. The molecule has 0 radical (unpaired) electrons. The van der Waals surface area contributed by atoms with E-state index in [1.54, 1.807) is 6.20 Å². The molecule has 1 aromatic heterocycles. The second-order valence-electron chi connectivity index (χ2n) is 9.63. The summed E-state index contributed by atoms with van der Waals surface area (Å²) in [5.74, 6) is 1.06. The van der Waals surface area contributed by atoms with Crippen LogP contribution in [0.25, 0.3) is 0 Å². The summed E-state index contributed by atoms with van der Waals surface area (Å²) in [5, 5.41) is 3.60. The van der Waals surface area contributed by atoms with E-state index in [0.717, 1.165) is 51.6 Å². The Morgan fingerprint density at radius 3 is 2.39 bits per heavy atom. The lowest BCUT2D eigenvalue weighted by atomic mass is 10.0. The van der Waals surface area contributed by atoms with Crippen LogP contribution in [0.1, 0.15) is 34.8 Å². The molecule has 3 fully saturated rings. The van der Waals surface area contributed by atoms with E-state index in [1.165, 1.54) is 31.5 Å². The summed E-state index contributed by atoms with van der Waals surface area (Å²) in [7, 11) is 2.20. The van der Waals surface area contributed by atoms with Crippen molar-refractivity contribution in [1.82, 2.24) is 25.0 Å². The third-order valence-electron chi connectivity index (χ3n) is 7.50. The first-order chi connectivity index (χ1) is 16.2. The molecule has 0 bridgehead atoms. The fourth-order valence-electron chi connectivity index (χ4n) is 5.40. The standard InChI is InChI=1S/C26H36N6O/c1-29-12-9-23(10-13-29)30-15-17-31(18-16-30)26(33)22-7-8-25(28-19-22)32-14-11-27-24(20-32)21-5-3-2-4-6-21/h2-8,19,23-24,27H,9-18,20H2,1H3/t24-/m0/s1. The molecule has 33 heavy (non-hydrogen) atoms. The van der Waals surface area contributed by atoms with Crippen LogP contribution in [0.5, 0.6) is 0 Å². The van der Waals surface area contributed by atoms with Crippen LogP contribution >= 0.6 is 0 Å². The van der Waals surface area contributed by atoms with Gasteiger partial charge in [0, 0.05) is 64.1 Å². The maximum Gasteiger partial charge on any atom is 0.255 e. The minimum atomic E-state index is 0.111. The number of likely N-dealkylation sites (tertiary alicyclic amines) is 1. The molecule has 0 saturated carbocycles. The molecule has 3 saturated heterocycles. The predicted octanol–water partition coefficient (Wildman–Crippen LogP) is 2.08. The summed E-state index contributed by atoms with van der Waals surface area (Å²) < 4.78 is 0. The number of pyridine rings is 1. The molecule has 5 rings (SSSR count). The number of hydrogen-bond donors (Lipinski definition) is 1. The second kappa shape index (κ2) is 10.2. The number of nitrogens with zero attached hydrogens (tertiary/aromatic N) is 5. The van der Waals surface area contributed by atoms with Crippen molar-refractivity contribution >= 4 is 11.7 Å². The molecule has 4 heterocycles. The predicted molar refractivity (Wildman–Crippen MR) is 132 cm³/mol. The molecule has 7 heteroatoms. The van der Waals surface area contributed by atoms with Crippen LogP contribution in [0.15, 0.2) is 48.7 Å². The molecule has 1 N–H and O–H groups in total. The Morgan fingerprint density at radius 1 is 0.939 bits per heavy atom. The van der Waals surface area contributed by atoms with Crippen molar-refractivity contribution in [2.24, 2.45) is 0 Å². The van der Waals surface area contributed by atoms with Gasteiger partial charge in [-0.25, -0.2) is 4.98 Å². The summed E-state index contributed by atoms with van der Waals surface area (Å²) in [6.45, 7) is 8.66. The van der Waals surface area contributed by atoms with Gasteiger partial charge in [0.05, 0.1) is 5.56 Å². The van der Waals surface area contributed by atoms with Crippen LogP contribution in [0.3, 0.4) is 0 Å². The number of carbonyl (C=O) groups is 1. The van der Waals surface area contributed by atoms with Crippen LogP contribution in [0.4, 0.5) is 5.82 Å². The smallest absolute Gasteiger partial charge is 0.255 e. The van der Waals surface area contributed by atoms with Crippen LogP contribution in [0, 0.1) is 0 Å². The normalized spacial score (nSPS) is 23.6. The molecule has 1 aromatic carbocycles. The van der Waals surface area contributed by atoms with Crippen molar-refractivity contribution < 1.29 is 4.79 Å². The zero-order valence-electron chi connectivity index (χ0n) is 19.7. The van der Waals surface area contributed by atoms with Gasteiger partial charge in [-0.05, 0) is 50.7 Å². The van der Waals surface area contributed by atoms with Gasteiger partial charge in [-0.15, -0.1) is 0 Å². The zero-order chi connectivity index (χ0) is 22.6. The topological polar surface area (TPSA) is 55.0 Å². The largest absolute Gasteiger partial charge is 0.353 e. The third kappa shape index (κ3) is 5.21. The third-order valence-corrected chi connectivity index (χ3v) is 7.50. The van der Waals surface area contributed by atoms with Crippen LogP contribution in [0.2, 0.25) is 0 Å². The fraction of sp³-hybridized carbons (Fsp3) is 0.538. The van der Waals surface area contributed by atoms with Gasteiger partial charge in [0.2, 0.25) is 0 Å². The number of piperidine rings is 1. The van der Waals surface area contributed by atoms with E-state index in [-0.39, 0.29) is 5.91 Å². The van der Waals surface area contributed by atoms with E-state index in [9.17, 15) is 4.79 Å². The average molecular weight is 449 g/mol. The van der Waals surface area contributed by atoms with Crippen molar-refractivity contribution in [1.29, 1.82) is 0 Å². The van der Waals surface area contributed by atoms with E-state index in [4.69, 9.17) is 0 Å². The molecule has 0 unspecified atom stereocenters. The molecule has 0 spiro atoms. The molecule has 7 nitrogen and oxygen atoms in total. The monoisotopic (exact) mass is 448 g/mol. The Hall–Kier alpha value is -2.48. The summed E-state index contributed by atoms with van der Waals surface area (Å²) in [6.07, 6.45) is 4.25. The maximum atomic E-state index is 13.1. The number of piperazine rings is 2. The number of hydrogen-bond acceptors (Lipinski definition) is 6. The van der Waals surface area contributed by atoms with Crippen molar-refractivity contribution in [2.45, 2.75) is 24.9 Å². The highest BCUT2D eigenvalue weighted by molar-refractivity contribution is 5.94. The first-order valence-electron chi connectivity index (χ1n) is 12.4. The number of nitrogens with one attached hydrogen (secondary N) is 1. The van der Waals surface area contributed by atoms with Gasteiger partial charge in [-0.2, -0.15) is 0 Å². The number of carbonyl (C=O) groups excluding carboxylic acids is 1. The van der Waals surface area contributed by atoms with Crippen molar-refractivity contribution in [3.8, 4) is 0 Å². The van der Waals surface area contributed by atoms with Crippen molar-refractivity contribution in [3.63, 3.8) is 0 Å². The van der Waals surface area contributed by atoms with E-state index in [1.807, 2.05) is 17.0 Å². The molecule has 1 atom stereocenters. The van der Waals surface area contributed by atoms with Crippen molar-refractivity contribution in [3.05, 3.63) is 59.8 Å². The Morgan fingerprint density at radius 2 is 1.70 bits per heavy atom. The molecule has 0 aliphatic carbocycles. The van der Waals surface area contributed by atoms with E-state index in [0.29, 0.717) is 17.6 Å². The lowest BCUT2D eigenvalue weighted by molar-refractivity contribution is 0.0475. The van der Waals surface area contributed by atoms with Crippen LogP contribution < -0.4 is 10.2 Å². The van der Waals surface area contributed by atoms with Gasteiger partial charge >= 0.3 is 0 Å². The average Bonchev–Trinajstić information content (AvgIpc) is 2.89. The maximum absolute atomic E-state index is 13.1. The SMILES string of the molecule is CN1CCC(N2CCN(C(=O)c3ccc(N4CCN[C@H](c5ccccc5)C4)nc3)CC2)CC1. The van der Waals surface area contributed by atoms with Gasteiger partial charge in [-0.3, -0.25) is 9.69 Å². The summed E-state index contributed by atoms with van der Waals surface area (Å²) in [4.78, 5) is 27.1. The van der Waals surface area contributed by atoms with Crippen LogP contribution in [-0.2, 0) is 0 Å². The first-order valence-corrected chi connectivity index (χ1v) is 12.4. The van der Waals surface area contributed by atoms with Crippen LogP contribution in [-0.4, -0.2) is 97.6 Å². The molecule has 3 aliphatic rings. The van der Waals surface area contributed by atoms with Gasteiger partial charge in [0.1, 0.15) is 5.82 Å². The number of benzene rings is 1. The molecular formula is C26H36N6O. The lowest BCUT2D eigenvalue weighted by Crippen LogP contribution is -2.54. The quantitative estimate of drug-likeness (QED) is 0.773. The van der Waals surface area contributed by atoms with E-state index in [2.05, 4.69) is 62.4 Å². The van der Waals surface area contributed by atoms with Gasteiger partial charge < -0.3 is 20.0 Å². The van der Waals surface area contributed by atoms with Gasteiger partial charge in [-0.1, -0.05) is 30.3 Å². The summed E-state index contributed by atoms with van der Waals surface area (Å²) in [5.41, 5.74) is 2.00. The fourth-order valence-corrected chi connectivity index (χ4v) is 5.40. The number of aromatic nitrogens is 1. The molecule has 176 valence electrons. The Kier molecular flexibility index (Phi) is 6.90. The van der Waals surface area contributed by atoms with E-state index < -0.39 is 0 Å². The molecule has 2 aromatic rings. The highest BCUT2D eigenvalue weighted by Gasteiger charge is 2.29. The van der Waals surface area contributed by atoms with E-state index >= 15 is 0 Å². The highest BCUT2D eigenvalue weighted by Crippen LogP contribution is 2.22. The lowest BCUT2D eigenvalue weighted by Gasteiger charge is -2.42.